The number of benzene rings is 2. The lowest BCUT2D eigenvalue weighted by molar-refractivity contribution is 0.0339. The van der Waals surface area contributed by atoms with Crippen molar-refractivity contribution >= 4 is 27.3 Å². The smallest absolute Gasteiger partial charge is 0.123 e. The Morgan fingerprint density at radius 2 is 1.78 bits per heavy atom. The van der Waals surface area contributed by atoms with E-state index in [9.17, 15) is 0 Å². The minimum Gasteiger partial charge on any atom is -0.496 e. The van der Waals surface area contributed by atoms with Gasteiger partial charge in [0, 0.05) is 53.2 Å². The van der Waals surface area contributed by atoms with Crippen LogP contribution in [0.2, 0.25) is 0 Å². The summed E-state index contributed by atoms with van der Waals surface area (Å²) in [6, 6.07) is 23.4. The van der Waals surface area contributed by atoms with Crippen LogP contribution in [0, 0.1) is 0 Å². The van der Waals surface area contributed by atoms with Crippen molar-refractivity contribution in [3.05, 3.63) is 78.5 Å². The molecule has 5 heteroatoms. The Balaban J connectivity index is 1.58. The highest BCUT2D eigenvalue weighted by molar-refractivity contribution is 6.12. The van der Waals surface area contributed by atoms with Crippen molar-refractivity contribution in [3.63, 3.8) is 0 Å². The van der Waals surface area contributed by atoms with Crippen LogP contribution in [-0.2, 0) is 11.3 Å². The molecule has 5 aromatic rings. The van der Waals surface area contributed by atoms with E-state index in [0.29, 0.717) is 0 Å². The Morgan fingerprint density at radius 1 is 0.938 bits per heavy atom. The van der Waals surface area contributed by atoms with Crippen LogP contribution in [0.25, 0.3) is 38.6 Å². The Hall–Kier alpha value is -3.41. The maximum Gasteiger partial charge on any atom is 0.123 e. The number of hydrogen-bond donors (Lipinski definition) is 0. The third-order valence-electron chi connectivity index (χ3n) is 6.38. The minimum atomic E-state index is 0.783. The molecule has 0 aliphatic carbocycles. The topological polar surface area (TPSA) is 39.0 Å². The number of rotatable bonds is 4. The van der Waals surface area contributed by atoms with Crippen LogP contribution in [0.15, 0.2) is 72.9 Å². The van der Waals surface area contributed by atoms with Gasteiger partial charge in [-0.25, -0.2) is 4.98 Å². The minimum absolute atomic E-state index is 0.783. The Morgan fingerprint density at radius 3 is 2.66 bits per heavy atom. The summed E-state index contributed by atoms with van der Waals surface area (Å²) in [4.78, 5) is 7.56. The highest BCUT2D eigenvalue weighted by Gasteiger charge is 2.18. The molecular formula is C27H25N3O2. The SMILES string of the molecule is COc1ccc(-c2nc3ccccc3c3cc4ccccn4c23)cc1CN1CCOCC1. The summed E-state index contributed by atoms with van der Waals surface area (Å²) in [5.41, 5.74) is 6.60. The van der Waals surface area contributed by atoms with E-state index in [0.717, 1.165) is 60.9 Å². The third kappa shape index (κ3) is 3.22. The van der Waals surface area contributed by atoms with E-state index in [2.05, 4.69) is 82.2 Å². The molecule has 5 nitrogen and oxygen atoms in total. The van der Waals surface area contributed by atoms with Crippen molar-refractivity contribution < 1.29 is 9.47 Å². The molecule has 6 rings (SSSR count). The lowest BCUT2D eigenvalue weighted by atomic mass is 10.0. The van der Waals surface area contributed by atoms with Gasteiger partial charge in [0.25, 0.3) is 0 Å². The fourth-order valence-electron chi connectivity index (χ4n) is 4.79. The quantitative estimate of drug-likeness (QED) is 0.401. The van der Waals surface area contributed by atoms with Crippen molar-refractivity contribution in [2.24, 2.45) is 0 Å². The van der Waals surface area contributed by atoms with E-state index in [4.69, 9.17) is 14.5 Å². The van der Waals surface area contributed by atoms with Gasteiger partial charge < -0.3 is 13.9 Å². The summed E-state index contributed by atoms with van der Waals surface area (Å²) in [6.45, 7) is 4.28. The summed E-state index contributed by atoms with van der Waals surface area (Å²) >= 11 is 0. The van der Waals surface area contributed by atoms with Gasteiger partial charge in [-0.1, -0.05) is 24.3 Å². The number of pyridine rings is 2. The first-order valence-electron chi connectivity index (χ1n) is 11.1. The van der Waals surface area contributed by atoms with Crippen molar-refractivity contribution in [1.29, 1.82) is 0 Å². The maximum absolute atomic E-state index is 5.71. The summed E-state index contributed by atoms with van der Waals surface area (Å²) in [7, 11) is 1.74. The number of morpholine rings is 1. The number of fused-ring (bicyclic) bond motifs is 5. The Labute approximate surface area is 186 Å². The third-order valence-corrected chi connectivity index (χ3v) is 6.38. The number of methoxy groups -OCH3 is 1. The Bertz CT molecular complexity index is 1430. The molecule has 3 aromatic heterocycles. The van der Waals surface area contributed by atoms with Crippen LogP contribution in [-0.4, -0.2) is 47.7 Å². The standard InChI is InChI=1S/C27H25N3O2/c1-31-25-10-9-19(16-20(25)18-29-12-14-32-15-13-29)26-27-23(17-21-6-4-5-11-30(21)27)22-7-2-3-8-24(22)28-26/h2-11,16-17H,12-15,18H2,1H3. The zero-order valence-corrected chi connectivity index (χ0v) is 18.1. The number of para-hydroxylation sites is 1. The summed E-state index contributed by atoms with van der Waals surface area (Å²) in [6.07, 6.45) is 2.12. The second kappa shape index (κ2) is 7.93. The average Bonchev–Trinajstić information content (AvgIpc) is 3.24. The first-order valence-corrected chi connectivity index (χ1v) is 11.1. The molecule has 0 N–H and O–H groups in total. The summed E-state index contributed by atoms with van der Waals surface area (Å²) < 4.78 is 13.5. The van der Waals surface area contributed by atoms with Crippen LogP contribution < -0.4 is 4.74 Å². The molecule has 0 spiro atoms. The molecule has 1 aliphatic heterocycles. The van der Waals surface area contributed by atoms with Gasteiger partial charge in [0.15, 0.2) is 0 Å². The lowest BCUT2D eigenvalue weighted by Crippen LogP contribution is -2.35. The molecule has 0 amide bonds. The zero-order chi connectivity index (χ0) is 21.5. The van der Waals surface area contributed by atoms with Crippen LogP contribution in [0.4, 0.5) is 0 Å². The van der Waals surface area contributed by atoms with E-state index in [1.165, 1.54) is 21.9 Å². The number of hydrogen-bond acceptors (Lipinski definition) is 4. The monoisotopic (exact) mass is 423 g/mol. The first kappa shape index (κ1) is 19.3. The van der Waals surface area contributed by atoms with E-state index in [-0.39, 0.29) is 0 Å². The van der Waals surface area contributed by atoms with Crippen molar-refractivity contribution in [1.82, 2.24) is 14.3 Å². The molecule has 4 heterocycles. The van der Waals surface area contributed by atoms with Gasteiger partial charge in [-0.2, -0.15) is 0 Å². The van der Waals surface area contributed by atoms with Crippen LogP contribution in [0.5, 0.6) is 5.75 Å². The predicted octanol–water partition coefficient (Wildman–Crippen LogP) is 5.15. The first-order chi connectivity index (χ1) is 15.8. The molecule has 1 saturated heterocycles. The molecule has 32 heavy (non-hydrogen) atoms. The van der Waals surface area contributed by atoms with Crippen LogP contribution in [0.1, 0.15) is 5.56 Å². The maximum atomic E-state index is 5.71. The normalized spacial score (nSPS) is 15.0. The second-order valence-corrected chi connectivity index (χ2v) is 8.29. The van der Waals surface area contributed by atoms with Gasteiger partial charge in [-0.3, -0.25) is 4.90 Å². The fourth-order valence-corrected chi connectivity index (χ4v) is 4.79. The Kier molecular flexibility index (Phi) is 4.78. The molecule has 2 aromatic carbocycles. The van der Waals surface area contributed by atoms with Crippen molar-refractivity contribution in [3.8, 4) is 17.0 Å². The molecule has 1 fully saturated rings. The molecule has 0 radical (unpaired) electrons. The van der Waals surface area contributed by atoms with E-state index >= 15 is 0 Å². The molecule has 160 valence electrons. The van der Waals surface area contributed by atoms with E-state index in [1.54, 1.807) is 7.11 Å². The molecule has 0 bridgehead atoms. The van der Waals surface area contributed by atoms with Gasteiger partial charge in [-0.15, -0.1) is 0 Å². The molecular weight excluding hydrogens is 398 g/mol. The molecule has 1 aliphatic rings. The number of aromatic nitrogens is 2. The van der Waals surface area contributed by atoms with Crippen LogP contribution >= 0.6 is 0 Å². The molecule has 0 atom stereocenters. The second-order valence-electron chi connectivity index (χ2n) is 8.29. The largest absolute Gasteiger partial charge is 0.496 e. The molecule has 0 unspecified atom stereocenters. The number of ether oxygens (including phenoxy) is 2. The van der Waals surface area contributed by atoms with Crippen molar-refractivity contribution in [2.45, 2.75) is 6.54 Å². The van der Waals surface area contributed by atoms with Gasteiger partial charge in [0.05, 0.1) is 37.1 Å². The van der Waals surface area contributed by atoms with Gasteiger partial charge in [-0.05, 0) is 42.5 Å². The highest BCUT2D eigenvalue weighted by atomic mass is 16.5. The summed E-state index contributed by atoms with van der Waals surface area (Å²) in [5.74, 6) is 0.914. The van der Waals surface area contributed by atoms with E-state index < -0.39 is 0 Å². The highest BCUT2D eigenvalue weighted by Crippen LogP contribution is 2.36. The lowest BCUT2D eigenvalue weighted by Gasteiger charge is -2.27. The molecule has 0 saturated carbocycles. The zero-order valence-electron chi connectivity index (χ0n) is 18.1. The van der Waals surface area contributed by atoms with Gasteiger partial charge >= 0.3 is 0 Å². The van der Waals surface area contributed by atoms with E-state index in [1.807, 2.05) is 0 Å². The number of nitrogens with zero attached hydrogens (tertiary/aromatic N) is 3. The van der Waals surface area contributed by atoms with Gasteiger partial charge in [0.1, 0.15) is 5.75 Å². The fraction of sp³-hybridized carbons (Fsp3) is 0.222. The summed E-state index contributed by atoms with van der Waals surface area (Å²) in [5, 5.41) is 2.40. The van der Waals surface area contributed by atoms with Gasteiger partial charge in [0.2, 0.25) is 0 Å². The van der Waals surface area contributed by atoms with Crippen molar-refractivity contribution in [2.75, 3.05) is 33.4 Å². The average molecular weight is 424 g/mol. The van der Waals surface area contributed by atoms with Crippen LogP contribution in [0.3, 0.4) is 0 Å². The predicted molar refractivity (Wildman–Crippen MR) is 128 cm³/mol.